The average molecular weight is 472 g/mol. The van der Waals surface area contributed by atoms with Gasteiger partial charge in [-0.3, -0.25) is 19.4 Å². The fourth-order valence-corrected chi connectivity index (χ4v) is 3.04. The van der Waals surface area contributed by atoms with Crippen LogP contribution in [0.15, 0.2) is 4.99 Å². The van der Waals surface area contributed by atoms with Gasteiger partial charge in [-0.15, -0.1) is 0 Å². The lowest BCUT2D eigenvalue weighted by molar-refractivity contribution is -0.142. The normalized spacial score (nSPS) is 14.7. The smallest absolute Gasteiger partial charge is 0.326 e. The summed E-state index contributed by atoms with van der Waals surface area (Å²) in [6.07, 6.45) is 1.30. The van der Waals surface area contributed by atoms with Crippen molar-refractivity contribution in [3.05, 3.63) is 0 Å². The Balaban J connectivity index is 5.19. The Morgan fingerprint density at radius 1 is 0.818 bits per heavy atom. The molecule has 0 rings (SSSR count). The van der Waals surface area contributed by atoms with E-state index in [0.29, 0.717) is 12.8 Å². The number of amides is 3. The molecule has 10 N–H and O–H groups in total. The molecule has 0 spiro atoms. The standard InChI is InChI=1S/C21H41N7O5/c1-11(2)9-14(22)18(30)27-15(7-6-8-25-21(23)24)19(31)26-13(5)17(29)28-16(20(32)33)10-12(3)4/h11-16H,6-10,22H2,1-5H3,(H,26,31)(H,27,30)(H,28,29)(H,32,33)(H4,23,24,25). The summed E-state index contributed by atoms with van der Waals surface area (Å²) in [7, 11) is 0. The van der Waals surface area contributed by atoms with E-state index in [9.17, 15) is 24.3 Å². The van der Waals surface area contributed by atoms with Crippen molar-refractivity contribution in [2.75, 3.05) is 6.54 Å². The van der Waals surface area contributed by atoms with Gasteiger partial charge in [0, 0.05) is 6.54 Å². The first-order valence-corrected chi connectivity index (χ1v) is 11.2. The Bertz CT molecular complexity index is 692. The second kappa shape index (κ2) is 15.0. The molecule has 4 unspecified atom stereocenters. The number of carbonyl (C=O) groups is 4. The Morgan fingerprint density at radius 3 is 1.85 bits per heavy atom. The van der Waals surface area contributed by atoms with E-state index in [2.05, 4.69) is 20.9 Å². The van der Waals surface area contributed by atoms with Crippen molar-refractivity contribution in [2.24, 2.45) is 34.0 Å². The number of carboxylic acids is 1. The molecule has 33 heavy (non-hydrogen) atoms. The lowest BCUT2D eigenvalue weighted by Crippen LogP contribution is -2.56. The van der Waals surface area contributed by atoms with Crippen molar-refractivity contribution >= 4 is 29.7 Å². The Labute approximate surface area is 195 Å². The number of nitrogens with zero attached hydrogens (tertiary/aromatic N) is 1. The minimum Gasteiger partial charge on any atom is -0.480 e. The van der Waals surface area contributed by atoms with Crippen LogP contribution >= 0.6 is 0 Å². The van der Waals surface area contributed by atoms with Crippen LogP contribution < -0.4 is 33.2 Å². The number of aliphatic carboxylic acids is 1. The Morgan fingerprint density at radius 2 is 1.36 bits per heavy atom. The average Bonchev–Trinajstić information content (AvgIpc) is 2.68. The molecule has 0 heterocycles. The lowest BCUT2D eigenvalue weighted by atomic mass is 10.0. The predicted octanol–water partition coefficient (Wildman–Crippen LogP) is -0.982. The molecular weight excluding hydrogens is 430 g/mol. The Hall–Kier alpha value is -2.89. The van der Waals surface area contributed by atoms with Gasteiger partial charge in [0.25, 0.3) is 0 Å². The van der Waals surface area contributed by atoms with E-state index in [1.165, 1.54) is 6.92 Å². The molecule has 0 aliphatic heterocycles. The molecule has 3 amide bonds. The zero-order valence-electron chi connectivity index (χ0n) is 20.3. The maximum Gasteiger partial charge on any atom is 0.326 e. The van der Waals surface area contributed by atoms with E-state index in [0.717, 1.165) is 0 Å². The molecule has 12 nitrogen and oxygen atoms in total. The van der Waals surface area contributed by atoms with Gasteiger partial charge in [0.15, 0.2) is 5.96 Å². The lowest BCUT2D eigenvalue weighted by Gasteiger charge is -2.24. The van der Waals surface area contributed by atoms with Crippen LogP contribution in [0.3, 0.4) is 0 Å². The van der Waals surface area contributed by atoms with E-state index in [1.54, 1.807) is 0 Å². The number of rotatable bonds is 15. The summed E-state index contributed by atoms with van der Waals surface area (Å²) >= 11 is 0. The van der Waals surface area contributed by atoms with Gasteiger partial charge < -0.3 is 38.3 Å². The highest BCUT2D eigenvalue weighted by molar-refractivity contribution is 5.93. The molecule has 0 saturated heterocycles. The molecule has 12 heteroatoms. The van der Waals surface area contributed by atoms with Crippen LogP contribution in [0, 0.1) is 11.8 Å². The van der Waals surface area contributed by atoms with Gasteiger partial charge in [-0.2, -0.15) is 0 Å². The first-order valence-electron chi connectivity index (χ1n) is 11.2. The molecule has 0 aromatic rings. The number of aliphatic imine (C=N–C) groups is 1. The molecule has 0 radical (unpaired) electrons. The van der Waals surface area contributed by atoms with Crippen molar-refractivity contribution in [2.45, 2.75) is 84.5 Å². The molecule has 0 aliphatic carbocycles. The summed E-state index contributed by atoms with van der Waals surface area (Å²) in [5.74, 6) is -2.71. The molecule has 0 aromatic heterocycles. The van der Waals surface area contributed by atoms with Gasteiger partial charge in [-0.1, -0.05) is 27.7 Å². The van der Waals surface area contributed by atoms with Crippen LogP contribution in [0.5, 0.6) is 0 Å². The molecule has 0 bridgehead atoms. The van der Waals surface area contributed by atoms with Crippen molar-refractivity contribution in [3.8, 4) is 0 Å². The molecule has 4 atom stereocenters. The van der Waals surface area contributed by atoms with Gasteiger partial charge in [-0.25, -0.2) is 4.79 Å². The molecule has 190 valence electrons. The van der Waals surface area contributed by atoms with Crippen LogP contribution in [0.25, 0.3) is 0 Å². The molecule has 0 aromatic carbocycles. The van der Waals surface area contributed by atoms with Crippen molar-refractivity contribution in [1.82, 2.24) is 16.0 Å². The highest BCUT2D eigenvalue weighted by Gasteiger charge is 2.28. The monoisotopic (exact) mass is 471 g/mol. The van der Waals surface area contributed by atoms with Crippen molar-refractivity contribution in [3.63, 3.8) is 0 Å². The minimum atomic E-state index is -1.15. The van der Waals surface area contributed by atoms with Crippen LogP contribution in [0.1, 0.15) is 60.3 Å². The third-order valence-electron chi connectivity index (χ3n) is 4.71. The predicted molar refractivity (Wildman–Crippen MR) is 126 cm³/mol. The van der Waals surface area contributed by atoms with E-state index in [4.69, 9.17) is 17.2 Å². The fraction of sp³-hybridized carbons (Fsp3) is 0.762. The van der Waals surface area contributed by atoms with Crippen molar-refractivity contribution in [1.29, 1.82) is 0 Å². The number of nitrogens with one attached hydrogen (secondary N) is 3. The van der Waals surface area contributed by atoms with Gasteiger partial charge in [0.05, 0.1) is 6.04 Å². The first kappa shape index (κ1) is 30.1. The Kier molecular flexibility index (Phi) is 13.7. The topological polar surface area (TPSA) is 215 Å². The highest BCUT2D eigenvalue weighted by Crippen LogP contribution is 2.07. The summed E-state index contributed by atoms with van der Waals surface area (Å²) < 4.78 is 0. The van der Waals surface area contributed by atoms with Gasteiger partial charge >= 0.3 is 5.97 Å². The summed E-state index contributed by atoms with van der Waals surface area (Å²) in [4.78, 5) is 53.0. The number of carboxylic acid groups (broad SMARTS) is 1. The van der Waals surface area contributed by atoms with Gasteiger partial charge in [-0.05, 0) is 44.4 Å². The zero-order valence-corrected chi connectivity index (χ0v) is 20.3. The summed E-state index contributed by atoms with van der Waals surface area (Å²) in [5, 5.41) is 16.9. The summed E-state index contributed by atoms with van der Waals surface area (Å²) in [5.41, 5.74) is 16.5. The second-order valence-corrected chi connectivity index (χ2v) is 9.01. The molecule has 0 saturated carbocycles. The van der Waals surface area contributed by atoms with Crippen LogP contribution in [-0.4, -0.2) is 65.5 Å². The third kappa shape index (κ3) is 13.3. The maximum absolute atomic E-state index is 12.8. The molecule has 0 aliphatic rings. The SMILES string of the molecule is CC(C)CC(N)C(=O)NC(CCCN=C(N)N)C(=O)NC(C)C(=O)NC(CC(C)C)C(=O)O. The zero-order chi connectivity index (χ0) is 25.7. The highest BCUT2D eigenvalue weighted by atomic mass is 16.4. The van der Waals surface area contributed by atoms with Crippen molar-refractivity contribution < 1.29 is 24.3 Å². The number of hydrogen-bond acceptors (Lipinski definition) is 6. The van der Waals surface area contributed by atoms with Crippen LogP contribution in [-0.2, 0) is 19.2 Å². The van der Waals surface area contributed by atoms with E-state index in [-0.39, 0.29) is 37.2 Å². The second-order valence-electron chi connectivity index (χ2n) is 9.01. The summed E-state index contributed by atoms with van der Waals surface area (Å²) in [6, 6.07) is -3.84. The van der Waals surface area contributed by atoms with E-state index < -0.39 is 47.9 Å². The number of carbonyl (C=O) groups excluding carboxylic acids is 3. The van der Waals surface area contributed by atoms with Crippen LogP contribution in [0.2, 0.25) is 0 Å². The third-order valence-corrected chi connectivity index (χ3v) is 4.71. The number of guanidine groups is 1. The van der Waals surface area contributed by atoms with Gasteiger partial charge in [0.2, 0.25) is 17.7 Å². The van der Waals surface area contributed by atoms with E-state index >= 15 is 0 Å². The molecule has 0 fully saturated rings. The summed E-state index contributed by atoms with van der Waals surface area (Å²) in [6.45, 7) is 9.22. The largest absolute Gasteiger partial charge is 0.480 e. The minimum absolute atomic E-state index is 0.0520. The van der Waals surface area contributed by atoms with Gasteiger partial charge in [0.1, 0.15) is 18.1 Å². The first-order chi connectivity index (χ1) is 15.2. The quantitative estimate of drug-likeness (QED) is 0.0892. The molecular formula is C21H41N7O5. The van der Waals surface area contributed by atoms with Crippen LogP contribution in [0.4, 0.5) is 0 Å². The number of hydrogen-bond donors (Lipinski definition) is 7. The van der Waals surface area contributed by atoms with E-state index in [1.807, 2.05) is 27.7 Å². The fourth-order valence-electron chi connectivity index (χ4n) is 3.04. The maximum atomic E-state index is 12.8. The number of nitrogens with two attached hydrogens (primary N) is 3.